The lowest BCUT2D eigenvalue weighted by atomic mass is 9.90. The van der Waals surface area contributed by atoms with Gasteiger partial charge < -0.3 is 15.4 Å². The van der Waals surface area contributed by atoms with E-state index in [0.717, 1.165) is 24.4 Å². The van der Waals surface area contributed by atoms with Gasteiger partial charge >= 0.3 is 0 Å². The Morgan fingerprint density at radius 3 is 2.71 bits per heavy atom. The van der Waals surface area contributed by atoms with Gasteiger partial charge in [-0.05, 0) is 25.0 Å². The second-order valence-corrected chi connectivity index (χ2v) is 4.68. The largest absolute Gasteiger partial charge is 0.495 e. The van der Waals surface area contributed by atoms with Crippen LogP contribution >= 0.6 is 0 Å². The number of ether oxygens (including phenoxy) is 1. The van der Waals surface area contributed by atoms with E-state index in [1.807, 2.05) is 12.1 Å². The second kappa shape index (κ2) is 5.36. The molecule has 1 aliphatic carbocycles. The van der Waals surface area contributed by atoms with Crippen LogP contribution in [0.5, 0.6) is 5.75 Å². The number of nitrogens with zero attached hydrogens (tertiary/aromatic N) is 2. The van der Waals surface area contributed by atoms with Crippen LogP contribution in [0.15, 0.2) is 18.3 Å². The first-order valence-electron chi connectivity index (χ1n) is 6.21. The van der Waals surface area contributed by atoms with Gasteiger partial charge in [0.15, 0.2) is 0 Å². The van der Waals surface area contributed by atoms with Gasteiger partial charge in [0, 0.05) is 19.1 Å². The molecule has 2 rings (SSSR count). The SMILES string of the molecule is COc1ccc(N(C)C2CCCCC2N)nc1. The normalized spacial score (nSPS) is 24.4. The van der Waals surface area contributed by atoms with E-state index in [1.54, 1.807) is 13.3 Å². The fourth-order valence-electron chi connectivity index (χ4n) is 2.49. The number of likely N-dealkylation sites (N-methyl/N-ethyl adjacent to an activating group) is 1. The van der Waals surface area contributed by atoms with Crippen molar-refractivity contribution in [2.75, 3.05) is 19.1 Å². The van der Waals surface area contributed by atoms with Gasteiger partial charge in [0.2, 0.25) is 0 Å². The fourth-order valence-corrected chi connectivity index (χ4v) is 2.49. The zero-order chi connectivity index (χ0) is 12.3. The number of hydrogen-bond acceptors (Lipinski definition) is 4. The maximum absolute atomic E-state index is 6.18. The zero-order valence-corrected chi connectivity index (χ0v) is 10.6. The van der Waals surface area contributed by atoms with E-state index in [4.69, 9.17) is 10.5 Å². The molecule has 1 fully saturated rings. The first-order chi connectivity index (χ1) is 8.22. The molecule has 2 N–H and O–H groups in total. The summed E-state index contributed by atoms with van der Waals surface area (Å²) < 4.78 is 5.11. The Labute approximate surface area is 103 Å². The smallest absolute Gasteiger partial charge is 0.137 e. The molecule has 1 aromatic rings. The maximum atomic E-state index is 6.18. The van der Waals surface area contributed by atoms with Crippen LogP contribution in [-0.2, 0) is 0 Å². The number of hydrogen-bond donors (Lipinski definition) is 1. The summed E-state index contributed by atoms with van der Waals surface area (Å²) in [5.41, 5.74) is 6.18. The maximum Gasteiger partial charge on any atom is 0.137 e. The van der Waals surface area contributed by atoms with Gasteiger partial charge in [0.05, 0.1) is 13.3 Å². The van der Waals surface area contributed by atoms with Crippen LogP contribution in [0.3, 0.4) is 0 Å². The molecule has 0 spiro atoms. The van der Waals surface area contributed by atoms with Crippen molar-refractivity contribution in [3.63, 3.8) is 0 Å². The summed E-state index contributed by atoms with van der Waals surface area (Å²) in [6.45, 7) is 0. The Morgan fingerprint density at radius 2 is 2.12 bits per heavy atom. The molecule has 1 aliphatic rings. The van der Waals surface area contributed by atoms with Crippen LogP contribution < -0.4 is 15.4 Å². The summed E-state index contributed by atoms with van der Waals surface area (Å²) in [5.74, 6) is 1.75. The topological polar surface area (TPSA) is 51.4 Å². The lowest BCUT2D eigenvalue weighted by molar-refractivity contribution is 0.372. The van der Waals surface area contributed by atoms with Crippen LogP contribution in [0.4, 0.5) is 5.82 Å². The van der Waals surface area contributed by atoms with Gasteiger partial charge in [-0.25, -0.2) is 4.98 Å². The summed E-state index contributed by atoms with van der Waals surface area (Å²) in [6.07, 6.45) is 6.54. The van der Waals surface area contributed by atoms with Crippen molar-refractivity contribution in [2.24, 2.45) is 5.73 Å². The molecule has 2 unspecified atom stereocenters. The number of nitrogens with two attached hydrogens (primary N) is 1. The second-order valence-electron chi connectivity index (χ2n) is 4.68. The third-order valence-corrected chi connectivity index (χ3v) is 3.60. The van der Waals surface area contributed by atoms with E-state index in [1.165, 1.54) is 12.8 Å². The molecule has 94 valence electrons. The Hall–Kier alpha value is -1.29. The Balaban J connectivity index is 2.09. The van der Waals surface area contributed by atoms with E-state index >= 15 is 0 Å². The molecule has 1 saturated carbocycles. The molecule has 17 heavy (non-hydrogen) atoms. The molecule has 0 bridgehead atoms. The third kappa shape index (κ3) is 2.69. The first-order valence-corrected chi connectivity index (χ1v) is 6.21. The zero-order valence-electron chi connectivity index (χ0n) is 10.6. The van der Waals surface area contributed by atoms with Crippen LogP contribution in [0.2, 0.25) is 0 Å². The van der Waals surface area contributed by atoms with E-state index in [0.29, 0.717) is 6.04 Å². The molecular formula is C13H21N3O. The van der Waals surface area contributed by atoms with Crippen LogP contribution in [0.25, 0.3) is 0 Å². The van der Waals surface area contributed by atoms with Crippen molar-refractivity contribution in [2.45, 2.75) is 37.8 Å². The van der Waals surface area contributed by atoms with Crippen molar-refractivity contribution in [1.82, 2.24) is 4.98 Å². The van der Waals surface area contributed by atoms with Crippen molar-refractivity contribution in [3.05, 3.63) is 18.3 Å². The van der Waals surface area contributed by atoms with Crippen molar-refractivity contribution >= 4 is 5.82 Å². The molecule has 1 aromatic heterocycles. The number of pyridine rings is 1. The molecule has 0 amide bonds. The molecule has 0 aromatic carbocycles. The van der Waals surface area contributed by atoms with Crippen LogP contribution in [0.1, 0.15) is 25.7 Å². The summed E-state index contributed by atoms with van der Waals surface area (Å²) >= 11 is 0. The van der Waals surface area contributed by atoms with Crippen LogP contribution in [0, 0.1) is 0 Å². The highest BCUT2D eigenvalue weighted by molar-refractivity contribution is 5.41. The quantitative estimate of drug-likeness (QED) is 0.868. The van der Waals surface area contributed by atoms with Gasteiger partial charge in [-0.2, -0.15) is 0 Å². The van der Waals surface area contributed by atoms with E-state index in [-0.39, 0.29) is 6.04 Å². The molecule has 1 heterocycles. The highest BCUT2D eigenvalue weighted by Crippen LogP contribution is 2.25. The molecule has 0 saturated heterocycles. The Bertz CT molecular complexity index is 352. The first kappa shape index (κ1) is 12.2. The predicted molar refractivity (Wildman–Crippen MR) is 69.4 cm³/mol. The van der Waals surface area contributed by atoms with Gasteiger partial charge in [0.1, 0.15) is 11.6 Å². The van der Waals surface area contributed by atoms with Crippen molar-refractivity contribution in [3.8, 4) is 5.75 Å². The molecule has 2 atom stereocenters. The van der Waals surface area contributed by atoms with E-state index in [2.05, 4.69) is 16.9 Å². The summed E-state index contributed by atoms with van der Waals surface area (Å²) in [7, 11) is 3.72. The van der Waals surface area contributed by atoms with Gasteiger partial charge in [0.25, 0.3) is 0 Å². The number of aromatic nitrogens is 1. The number of methoxy groups -OCH3 is 1. The fraction of sp³-hybridized carbons (Fsp3) is 0.615. The van der Waals surface area contributed by atoms with E-state index < -0.39 is 0 Å². The highest BCUT2D eigenvalue weighted by Gasteiger charge is 2.26. The molecule has 0 radical (unpaired) electrons. The molecular weight excluding hydrogens is 214 g/mol. The lowest BCUT2D eigenvalue weighted by Gasteiger charge is -2.36. The molecule has 0 aliphatic heterocycles. The monoisotopic (exact) mass is 235 g/mol. The number of anilines is 1. The highest BCUT2D eigenvalue weighted by atomic mass is 16.5. The lowest BCUT2D eigenvalue weighted by Crippen LogP contribution is -2.48. The Morgan fingerprint density at radius 1 is 1.35 bits per heavy atom. The van der Waals surface area contributed by atoms with Crippen LogP contribution in [-0.4, -0.2) is 31.2 Å². The average molecular weight is 235 g/mol. The summed E-state index contributed by atoms with van der Waals surface area (Å²) in [4.78, 5) is 6.60. The predicted octanol–water partition coefficient (Wildman–Crippen LogP) is 1.80. The summed E-state index contributed by atoms with van der Waals surface area (Å²) in [5, 5.41) is 0. The third-order valence-electron chi connectivity index (χ3n) is 3.60. The standard InChI is InChI=1S/C13H21N3O/c1-16(12-6-4-3-5-11(12)14)13-8-7-10(17-2)9-15-13/h7-9,11-12H,3-6,14H2,1-2H3. The van der Waals surface area contributed by atoms with Gasteiger partial charge in [-0.3, -0.25) is 0 Å². The minimum atomic E-state index is 0.262. The summed E-state index contributed by atoms with van der Waals surface area (Å²) in [6, 6.07) is 4.59. The Kier molecular flexibility index (Phi) is 3.84. The van der Waals surface area contributed by atoms with Crippen molar-refractivity contribution < 1.29 is 4.74 Å². The van der Waals surface area contributed by atoms with E-state index in [9.17, 15) is 0 Å². The molecule has 4 nitrogen and oxygen atoms in total. The molecule has 4 heteroatoms. The minimum absolute atomic E-state index is 0.262. The minimum Gasteiger partial charge on any atom is -0.495 e. The average Bonchev–Trinajstić information content (AvgIpc) is 2.39. The van der Waals surface area contributed by atoms with Crippen molar-refractivity contribution in [1.29, 1.82) is 0 Å². The number of rotatable bonds is 3. The van der Waals surface area contributed by atoms with Gasteiger partial charge in [-0.15, -0.1) is 0 Å². The van der Waals surface area contributed by atoms with Gasteiger partial charge in [-0.1, -0.05) is 12.8 Å².